The van der Waals surface area contributed by atoms with Gasteiger partial charge in [0.1, 0.15) is 11.6 Å². The largest absolute Gasteiger partial charge is 0.481 e. The molecule has 0 radical (unpaired) electrons. The van der Waals surface area contributed by atoms with Gasteiger partial charge in [-0.3, -0.25) is 14.5 Å². The summed E-state index contributed by atoms with van der Waals surface area (Å²) in [6.07, 6.45) is 3.28. The van der Waals surface area contributed by atoms with Gasteiger partial charge in [0.05, 0.1) is 5.92 Å². The Balaban J connectivity index is 2.28. The van der Waals surface area contributed by atoms with Crippen LogP contribution in [0.4, 0.5) is 0 Å². The van der Waals surface area contributed by atoms with E-state index in [0.717, 1.165) is 5.56 Å². The molecule has 0 spiro atoms. The molecule has 1 aliphatic heterocycles. The molecule has 5 heteroatoms. The molecule has 142 valence electrons. The number of carbonyl (C=O) groups excluding carboxylic acids is 1. The predicted molar refractivity (Wildman–Crippen MR) is 101 cm³/mol. The van der Waals surface area contributed by atoms with E-state index in [2.05, 4.69) is 6.58 Å². The quantitative estimate of drug-likeness (QED) is 0.595. The second-order valence-corrected chi connectivity index (χ2v) is 7.82. The van der Waals surface area contributed by atoms with Crippen molar-refractivity contribution in [2.75, 3.05) is 0 Å². The average Bonchev–Trinajstić information content (AvgIpc) is 2.95. The maximum atomic E-state index is 12.7. The molecule has 0 aromatic heterocycles. The fourth-order valence-corrected chi connectivity index (χ4v) is 3.57. The van der Waals surface area contributed by atoms with E-state index in [1.807, 2.05) is 56.0 Å². The monoisotopic (exact) mass is 359 g/mol. The van der Waals surface area contributed by atoms with Crippen LogP contribution in [0.2, 0.25) is 0 Å². The molecular formula is C21H29NO4. The molecule has 1 heterocycles. The first-order valence-electron chi connectivity index (χ1n) is 9.09. The summed E-state index contributed by atoms with van der Waals surface area (Å²) in [4.78, 5) is 26.5. The second-order valence-electron chi connectivity index (χ2n) is 7.82. The van der Waals surface area contributed by atoms with E-state index in [-0.39, 0.29) is 12.0 Å². The third kappa shape index (κ3) is 5.18. The molecule has 1 N–H and O–H groups in total. The zero-order chi connectivity index (χ0) is 19.3. The van der Waals surface area contributed by atoms with Crippen LogP contribution >= 0.6 is 0 Å². The molecule has 0 unspecified atom stereocenters. The van der Waals surface area contributed by atoms with Gasteiger partial charge in [0.25, 0.3) is 0 Å². The summed E-state index contributed by atoms with van der Waals surface area (Å²) < 4.78 is 5.59. The molecule has 2 rings (SSSR count). The van der Waals surface area contributed by atoms with Gasteiger partial charge in [-0.25, -0.2) is 0 Å². The molecule has 26 heavy (non-hydrogen) atoms. The molecule has 0 amide bonds. The maximum Gasteiger partial charge on any atom is 0.323 e. The number of nitrogens with zero attached hydrogens (tertiary/aromatic N) is 1. The van der Waals surface area contributed by atoms with Gasteiger partial charge >= 0.3 is 11.9 Å². The van der Waals surface area contributed by atoms with Crippen molar-refractivity contribution >= 4 is 11.9 Å². The van der Waals surface area contributed by atoms with Gasteiger partial charge in [0.2, 0.25) is 0 Å². The van der Waals surface area contributed by atoms with E-state index in [4.69, 9.17) is 4.74 Å². The minimum atomic E-state index is -0.849. The smallest absolute Gasteiger partial charge is 0.323 e. The normalized spacial score (nSPS) is 22.0. The van der Waals surface area contributed by atoms with E-state index >= 15 is 0 Å². The number of hydrogen-bond donors (Lipinski definition) is 1. The van der Waals surface area contributed by atoms with Crippen LogP contribution in [-0.2, 0) is 20.9 Å². The Morgan fingerprint density at radius 2 is 1.96 bits per heavy atom. The molecule has 0 saturated carbocycles. The second kappa shape index (κ2) is 8.49. The van der Waals surface area contributed by atoms with Gasteiger partial charge < -0.3 is 9.84 Å². The number of ether oxygens (including phenoxy) is 1. The summed E-state index contributed by atoms with van der Waals surface area (Å²) >= 11 is 0. The van der Waals surface area contributed by atoms with E-state index in [1.54, 1.807) is 6.08 Å². The van der Waals surface area contributed by atoms with Crippen LogP contribution in [0, 0.1) is 5.92 Å². The van der Waals surface area contributed by atoms with Crippen molar-refractivity contribution in [1.82, 2.24) is 4.90 Å². The number of aliphatic carboxylic acids is 1. The minimum Gasteiger partial charge on any atom is -0.481 e. The molecule has 3 atom stereocenters. The molecule has 1 aromatic rings. The molecule has 1 aliphatic rings. The Kier molecular flexibility index (Phi) is 6.59. The molecule has 5 nitrogen and oxygen atoms in total. The highest BCUT2D eigenvalue weighted by molar-refractivity contribution is 5.77. The summed E-state index contributed by atoms with van der Waals surface area (Å²) in [7, 11) is 0. The maximum absolute atomic E-state index is 12.7. The van der Waals surface area contributed by atoms with Crippen molar-refractivity contribution in [2.45, 2.75) is 64.3 Å². The topological polar surface area (TPSA) is 66.8 Å². The first kappa shape index (κ1) is 20.2. The fourth-order valence-electron chi connectivity index (χ4n) is 3.57. The number of likely N-dealkylation sites (tertiary alicyclic amines) is 1. The summed E-state index contributed by atoms with van der Waals surface area (Å²) in [5.74, 6) is -1.71. The van der Waals surface area contributed by atoms with Gasteiger partial charge in [0.15, 0.2) is 0 Å². The number of hydrogen-bond acceptors (Lipinski definition) is 4. The van der Waals surface area contributed by atoms with Crippen LogP contribution in [0.25, 0.3) is 0 Å². The van der Waals surface area contributed by atoms with Gasteiger partial charge in [-0.05, 0) is 45.6 Å². The van der Waals surface area contributed by atoms with Gasteiger partial charge in [-0.1, -0.05) is 36.4 Å². The van der Waals surface area contributed by atoms with E-state index in [9.17, 15) is 14.7 Å². The number of allylic oxidation sites excluding steroid dienone is 1. The Morgan fingerprint density at radius 3 is 2.50 bits per heavy atom. The van der Waals surface area contributed by atoms with Crippen molar-refractivity contribution in [3.63, 3.8) is 0 Å². The van der Waals surface area contributed by atoms with Gasteiger partial charge in [-0.2, -0.15) is 0 Å². The Hall–Kier alpha value is -2.14. The standard InChI is InChI=1S/C21H29NO4/c1-5-9-16(19(23)24)17-12-13-18(20(25)26-21(2,3)4)22(17)14-15-10-7-6-8-11-15/h5-8,10-11,16-18H,1,9,12-14H2,2-4H3,(H,23,24)/t16-,17-,18-/m0/s1. The Morgan fingerprint density at radius 1 is 1.31 bits per heavy atom. The lowest BCUT2D eigenvalue weighted by Crippen LogP contribution is -2.46. The van der Waals surface area contributed by atoms with Gasteiger partial charge in [0, 0.05) is 12.6 Å². The van der Waals surface area contributed by atoms with E-state index < -0.39 is 23.5 Å². The van der Waals surface area contributed by atoms with Crippen LogP contribution in [0.3, 0.4) is 0 Å². The zero-order valence-electron chi connectivity index (χ0n) is 15.9. The van der Waals surface area contributed by atoms with Crippen molar-refractivity contribution < 1.29 is 19.4 Å². The summed E-state index contributed by atoms with van der Waals surface area (Å²) in [6, 6.07) is 9.17. The number of benzene rings is 1. The molecule has 1 saturated heterocycles. The highest BCUT2D eigenvalue weighted by atomic mass is 16.6. The molecular weight excluding hydrogens is 330 g/mol. The highest BCUT2D eigenvalue weighted by Gasteiger charge is 2.44. The van der Waals surface area contributed by atoms with Crippen molar-refractivity contribution in [3.05, 3.63) is 48.6 Å². The average molecular weight is 359 g/mol. The summed E-state index contributed by atoms with van der Waals surface area (Å²) in [5, 5.41) is 9.67. The Bertz CT molecular complexity index is 635. The van der Waals surface area contributed by atoms with Crippen molar-refractivity contribution in [2.24, 2.45) is 5.92 Å². The summed E-state index contributed by atoms with van der Waals surface area (Å²) in [6.45, 7) is 9.75. The number of carboxylic acids is 1. The minimum absolute atomic E-state index is 0.219. The van der Waals surface area contributed by atoms with Crippen LogP contribution < -0.4 is 0 Å². The lowest BCUT2D eigenvalue weighted by Gasteiger charge is -2.33. The highest BCUT2D eigenvalue weighted by Crippen LogP contribution is 2.34. The predicted octanol–water partition coefficient (Wildman–Crippen LogP) is 3.64. The molecule has 1 aromatic carbocycles. The number of esters is 1. The summed E-state index contributed by atoms with van der Waals surface area (Å²) in [5.41, 5.74) is 0.483. The number of carbonyl (C=O) groups is 2. The number of carboxylic acid groups (broad SMARTS) is 1. The van der Waals surface area contributed by atoms with E-state index in [0.29, 0.717) is 25.8 Å². The lowest BCUT2D eigenvalue weighted by molar-refractivity contribution is -0.162. The van der Waals surface area contributed by atoms with Crippen LogP contribution in [-0.4, -0.2) is 39.6 Å². The zero-order valence-corrected chi connectivity index (χ0v) is 15.9. The van der Waals surface area contributed by atoms with Crippen LogP contribution in [0.5, 0.6) is 0 Å². The first-order valence-corrected chi connectivity index (χ1v) is 9.09. The molecule has 0 bridgehead atoms. The fraction of sp³-hybridized carbons (Fsp3) is 0.524. The van der Waals surface area contributed by atoms with E-state index in [1.165, 1.54) is 0 Å². The van der Waals surface area contributed by atoms with Crippen LogP contribution in [0.15, 0.2) is 43.0 Å². The lowest BCUT2D eigenvalue weighted by atomic mass is 9.94. The van der Waals surface area contributed by atoms with Gasteiger partial charge in [-0.15, -0.1) is 6.58 Å². The van der Waals surface area contributed by atoms with Crippen molar-refractivity contribution in [1.29, 1.82) is 0 Å². The third-order valence-corrected chi connectivity index (χ3v) is 4.65. The third-order valence-electron chi connectivity index (χ3n) is 4.65. The SMILES string of the molecule is C=CC[C@H](C(=O)O)[C@@H]1CC[C@@H](C(=O)OC(C)(C)C)N1Cc1ccccc1. The van der Waals surface area contributed by atoms with Crippen molar-refractivity contribution in [3.8, 4) is 0 Å². The molecule has 1 fully saturated rings. The molecule has 0 aliphatic carbocycles. The number of rotatable bonds is 7. The van der Waals surface area contributed by atoms with Crippen LogP contribution in [0.1, 0.15) is 45.6 Å². The first-order chi connectivity index (χ1) is 12.2. The Labute approximate surface area is 155 Å².